The van der Waals surface area contributed by atoms with Crippen molar-refractivity contribution < 1.29 is 28.5 Å². The molecule has 0 saturated heterocycles. The van der Waals surface area contributed by atoms with Gasteiger partial charge in [-0.05, 0) is 32.0 Å². The first kappa shape index (κ1) is 20.5. The molecule has 8 heteroatoms. The Morgan fingerprint density at radius 3 is 2.45 bits per heavy atom. The Bertz CT molecular complexity index is 954. The van der Waals surface area contributed by atoms with Crippen LogP contribution in [-0.4, -0.2) is 45.5 Å². The third-order valence-corrected chi connectivity index (χ3v) is 4.65. The highest BCUT2D eigenvalue weighted by atomic mass is 16.7. The number of hydrogen-bond donors (Lipinski definition) is 2. The van der Waals surface area contributed by atoms with E-state index in [9.17, 15) is 9.59 Å². The van der Waals surface area contributed by atoms with Crippen LogP contribution in [0.15, 0.2) is 30.3 Å². The summed E-state index contributed by atoms with van der Waals surface area (Å²) in [4.78, 5) is 25.2. The monoisotopic (exact) mass is 400 g/mol. The van der Waals surface area contributed by atoms with Crippen LogP contribution in [0.1, 0.15) is 24.2 Å². The van der Waals surface area contributed by atoms with Crippen LogP contribution in [0, 0.1) is 0 Å². The fraction of sp³-hybridized carbons (Fsp3) is 0.333. The summed E-state index contributed by atoms with van der Waals surface area (Å²) in [6.07, 6.45) is 0. The summed E-state index contributed by atoms with van der Waals surface area (Å²) in [5.74, 6) is 0.240. The smallest absolute Gasteiger partial charge is 0.340 e. The third kappa shape index (κ3) is 3.84. The Hall–Kier alpha value is -3.26. The molecule has 29 heavy (non-hydrogen) atoms. The molecule has 2 N–H and O–H groups in total. The lowest BCUT2D eigenvalue weighted by Crippen LogP contribution is -2.48. The topological polar surface area (TPSA) is 95.1 Å². The van der Waals surface area contributed by atoms with Crippen molar-refractivity contribution in [1.29, 1.82) is 0 Å². The summed E-state index contributed by atoms with van der Waals surface area (Å²) in [6, 6.07) is 8.83. The van der Waals surface area contributed by atoms with E-state index < -0.39 is 11.5 Å². The molecule has 1 heterocycles. The minimum atomic E-state index is -0.806. The number of anilines is 2. The summed E-state index contributed by atoms with van der Waals surface area (Å²) in [6.45, 7) is 3.62. The largest absolute Gasteiger partial charge is 0.496 e. The molecule has 0 bridgehead atoms. The molecule has 0 spiro atoms. The number of methoxy groups -OCH3 is 3. The van der Waals surface area contributed by atoms with E-state index in [1.165, 1.54) is 21.3 Å². The Balaban J connectivity index is 2.17. The quantitative estimate of drug-likeness (QED) is 0.568. The van der Waals surface area contributed by atoms with E-state index in [1.54, 1.807) is 38.1 Å². The maximum Gasteiger partial charge on any atom is 0.340 e. The standard InChI is InChI=1S/C21H24N2O6/c1-21(2)20(25)22-18-15(23-21)9-8-14(17(18)19(24)28-5)13-7-6-12(29-11-26-3)10-16(13)27-4/h6-10,23H,11H2,1-5H3,(H,22,25). The molecule has 0 aromatic heterocycles. The number of ether oxygens (including phenoxy) is 4. The van der Waals surface area contributed by atoms with Crippen LogP contribution in [-0.2, 0) is 14.3 Å². The first-order valence-electron chi connectivity index (χ1n) is 8.97. The van der Waals surface area contributed by atoms with Crippen LogP contribution in [0.4, 0.5) is 11.4 Å². The lowest BCUT2D eigenvalue weighted by Gasteiger charge is -2.34. The molecule has 1 amide bonds. The number of hydrogen-bond acceptors (Lipinski definition) is 7. The highest BCUT2D eigenvalue weighted by Gasteiger charge is 2.36. The van der Waals surface area contributed by atoms with Gasteiger partial charge in [-0.2, -0.15) is 0 Å². The normalized spacial score (nSPS) is 14.3. The fourth-order valence-corrected chi connectivity index (χ4v) is 3.15. The van der Waals surface area contributed by atoms with Crippen LogP contribution in [0.2, 0.25) is 0 Å². The molecule has 3 rings (SSSR count). The van der Waals surface area contributed by atoms with Gasteiger partial charge >= 0.3 is 5.97 Å². The minimum Gasteiger partial charge on any atom is -0.496 e. The van der Waals surface area contributed by atoms with Crippen molar-refractivity contribution in [1.82, 2.24) is 0 Å². The van der Waals surface area contributed by atoms with Crippen LogP contribution in [0.5, 0.6) is 11.5 Å². The number of nitrogens with one attached hydrogen (secondary N) is 2. The summed E-state index contributed by atoms with van der Waals surface area (Å²) in [5, 5.41) is 6.00. The average Bonchev–Trinajstić information content (AvgIpc) is 2.71. The molecular weight excluding hydrogens is 376 g/mol. The number of carbonyl (C=O) groups is 2. The van der Waals surface area contributed by atoms with Crippen molar-refractivity contribution in [3.63, 3.8) is 0 Å². The van der Waals surface area contributed by atoms with Crippen molar-refractivity contribution in [2.24, 2.45) is 0 Å². The molecule has 0 aliphatic carbocycles. The van der Waals surface area contributed by atoms with Gasteiger partial charge in [-0.1, -0.05) is 6.07 Å². The Kier molecular flexibility index (Phi) is 5.65. The fourth-order valence-electron chi connectivity index (χ4n) is 3.15. The van der Waals surface area contributed by atoms with Crippen molar-refractivity contribution in [3.8, 4) is 22.6 Å². The number of esters is 1. The van der Waals surface area contributed by atoms with Crippen molar-refractivity contribution in [2.45, 2.75) is 19.4 Å². The molecule has 0 saturated carbocycles. The van der Waals surface area contributed by atoms with Crippen molar-refractivity contribution >= 4 is 23.3 Å². The summed E-state index contributed by atoms with van der Waals surface area (Å²) < 4.78 is 20.9. The molecule has 1 aliphatic rings. The molecule has 0 atom stereocenters. The van der Waals surface area contributed by atoms with Gasteiger partial charge in [0.1, 0.15) is 17.0 Å². The second kappa shape index (κ2) is 8.00. The van der Waals surface area contributed by atoms with Gasteiger partial charge in [0.05, 0.1) is 31.2 Å². The van der Waals surface area contributed by atoms with Crippen LogP contribution in [0.25, 0.3) is 11.1 Å². The first-order chi connectivity index (χ1) is 13.8. The van der Waals surface area contributed by atoms with Crippen LogP contribution >= 0.6 is 0 Å². The van der Waals surface area contributed by atoms with Crippen LogP contribution < -0.4 is 20.1 Å². The maximum atomic E-state index is 12.7. The second-order valence-electron chi connectivity index (χ2n) is 7.02. The van der Waals surface area contributed by atoms with Gasteiger partial charge in [-0.25, -0.2) is 4.79 Å². The highest BCUT2D eigenvalue weighted by Crippen LogP contribution is 2.42. The van der Waals surface area contributed by atoms with E-state index in [-0.39, 0.29) is 18.3 Å². The molecule has 2 aromatic rings. The van der Waals surface area contributed by atoms with E-state index in [0.717, 1.165) is 0 Å². The molecule has 0 radical (unpaired) electrons. The van der Waals surface area contributed by atoms with Crippen molar-refractivity contribution in [2.75, 3.05) is 38.8 Å². The van der Waals surface area contributed by atoms with Gasteiger partial charge in [0.2, 0.25) is 5.91 Å². The minimum absolute atomic E-state index is 0.0994. The van der Waals surface area contributed by atoms with Gasteiger partial charge in [0.25, 0.3) is 0 Å². The molecule has 1 aliphatic heterocycles. The lowest BCUT2D eigenvalue weighted by atomic mass is 9.92. The summed E-state index contributed by atoms with van der Waals surface area (Å²) in [5.41, 5.74) is 1.66. The van der Waals surface area contributed by atoms with E-state index in [1.807, 2.05) is 6.07 Å². The predicted molar refractivity (Wildman–Crippen MR) is 109 cm³/mol. The Labute approximate surface area is 169 Å². The number of carbonyl (C=O) groups excluding carboxylic acids is 2. The molecule has 8 nitrogen and oxygen atoms in total. The third-order valence-electron chi connectivity index (χ3n) is 4.65. The van der Waals surface area contributed by atoms with E-state index in [4.69, 9.17) is 18.9 Å². The van der Waals surface area contributed by atoms with E-state index in [0.29, 0.717) is 34.0 Å². The van der Waals surface area contributed by atoms with Crippen molar-refractivity contribution in [3.05, 3.63) is 35.9 Å². The molecule has 0 unspecified atom stereocenters. The number of benzene rings is 2. The average molecular weight is 400 g/mol. The number of fused-ring (bicyclic) bond motifs is 1. The zero-order chi connectivity index (χ0) is 21.2. The van der Waals surface area contributed by atoms with Crippen LogP contribution in [0.3, 0.4) is 0 Å². The molecule has 0 fully saturated rings. The van der Waals surface area contributed by atoms with Gasteiger partial charge in [0, 0.05) is 24.3 Å². The second-order valence-corrected chi connectivity index (χ2v) is 7.02. The van der Waals surface area contributed by atoms with Gasteiger partial charge in [0.15, 0.2) is 6.79 Å². The van der Waals surface area contributed by atoms with E-state index >= 15 is 0 Å². The zero-order valence-corrected chi connectivity index (χ0v) is 17.0. The SMILES string of the molecule is COCOc1ccc(-c2ccc3c(c2C(=O)OC)NC(=O)C(C)(C)N3)c(OC)c1. The molecular formula is C21H24N2O6. The summed E-state index contributed by atoms with van der Waals surface area (Å²) in [7, 11) is 4.36. The molecule has 2 aromatic carbocycles. The van der Waals surface area contributed by atoms with Gasteiger partial charge in [-0.3, -0.25) is 4.79 Å². The van der Waals surface area contributed by atoms with E-state index in [2.05, 4.69) is 10.6 Å². The molecule has 154 valence electrons. The lowest BCUT2D eigenvalue weighted by molar-refractivity contribution is -0.119. The van der Waals surface area contributed by atoms with Gasteiger partial charge in [-0.15, -0.1) is 0 Å². The first-order valence-corrected chi connectivity index (χ1v) is 8.97. The predicted octanol–water partition coefficient (Wildman–Crippen LogP) is 3.27. The number of amides is 1. The zero-order valence-electron chi connectivity index (χ0n) is 17.0. The summed E-state index contributed by atoms with van der Waals surface area (Å²) >= 11 is 0. The maximum absolute atomic E-state index is 12.7. The highest BCUT2D eigenvalue weighted by molar-refractivity contribution is 6.14. The number of rotatable bonds is 6. The Morgan fingerprint density at radius 2 is 1.79 bits per heavy atom. The Morgan fingerprint density at radius 1 is 1.07 bits per heavy atom. The van der Waals surface area contributed by atoms with Gasteiger partial charge < -0.3 is 29.6 Å².